The van der Waals surface area contributed by atoms with Gasteiger partial charge in [0.1, 0.15) is 12.7 Å². The zero-order chi connectivity index (χ0) is 18.4. The molecule has 0 saturated carbocycles. The number of aliphatic hydroxyl groups is 1. The highest BCUT2D eigenvalue weighted by Gasteiger charge is 2.51. The van der Waals surface area contributed by atoms with E-state index in [1.165, 1.54) is 0 Å². The van der Waals surface area contributed by atoms with Gasteiger partial charge in [0.2, 0.25) is 0 Å². The van der Waals surface area contributed by atoms with Crippen molar-refractivity contribution in [1.29, 1.82) is 0 Å². The molecule has 0 aromatic rings. The smallest absolute Gasteiger partial charge is 0.303 e. The molecular weight excluding hydrogens is 328 g/mol. The molecule has 1 rings (SSSR count). The highest BCUT2D eigenvalue weighted by molar-refractivity contribution is 5.68. The molecule has 0 bridgehead atoms. The quantitative estimate of drug-likeness (QED) is 0.490. The van der Waals surface area contributed by atoms with Gasteiger partial charge in [-0.15, -0.1) is 0 Å². The lowest BCUT2D eigenvalue weighted by atomic mass is 9.98. The van der Waals surface area contributed by atoms with Crippen LogP contribution in [0.3, 0.4) is 0 Å². The minimum absolute atomic E-state index is 0.366. The lowest BCUT2D eigenvalue weighted by Gasteiger charge is -2.42. The molecule has 1 heterocycles. The van der Waals surface area contributed by atoms with Crippen LogP contribution in [0.4, 0.5) is 0 Å². The highest BCUT2D eigenvalue weighted by atomic mass is 16.7. The van der Waals surface area contributed by atoms with E-state index in [4.69, 9.17) is 23.7 Å². The molecule has 0 aromatic heterocycles. The van der Waals surface area contributed by atoms with Crippen molar-refractivity contribution in [3.05, 3.63) is 0 Å². The van der Waals surface area contributed by atoms with Crippen LogP contribution in [0.2, 0.25) is 0 Å². The second-order valence-electron chi connectivity index (χ2n) is 5.09. The second kappa shape index (κ2) is 8.60. The van der Waals surface area contributed by atoms with E-state index in [0.29, 0.717) is 0 Å². The summed E-state index contributed by atoms with van der Waals surface area (Å²) in [6.07, 6.45) is -6.79. The molecule has 1 N–H and O–H groups in total. The zero-order valence-electron chi connectivity index (χ0n) is 13.7. The molecule has 10 nitrogen and oxygen atoms in total. The van der Waals surface area contributed by atoms with E-state index >= 15 is 0 Å². The summed E-state index contributed by atoms with van der Waals surface area (Å²) in [5, 5.41) is 10.0. The van der Waals surface area contributed by atoms with Gasteiger partial charge in [0.15, 0.2) is 24.6 Å². The van der Waals surface area contributed by atoms with Crippen molar-refractivity contribution in [3.8, 4) is 0 Å². The van der Waals surface area contributed by atoms with E-state index in [0.717, 1.165) is 27.7 Å². The predicted molar refractivity (Wildman–Crippen MR) is 74.2 cm³/mol. The number of carbonyl (C=O) groups is 4. The van der Waals surface area contributed by atoms with Gasteiger partial charge >= 0.3 is 23.9 Å². The first-order chi connectivity index (χ1) is 11.1. The first kappa shape index (κ1) is 19.8. The lowest BCUT2D eigenvalue weighted by molar-refractivity contribution is -0.296. The van der Waals surface area contributed by atoms with Gasteiger partial charge in [0, 0.05) is 27.7 Å². The molecular formula is C14H20O10. The molecule has 1 aliphatic rings. The number of aliphatic hydroxyl groups excluding tert-OH is 1. The predicted octanol–water partition coefficient (Wildman–Crippen LogP) is -0.938. The van der Waals surface area contributed by atoms with Crippen LogP contribution in [0.15, 0.2) is 0 Å². The summed E-state index contributed by atoms with van der Waals surface area (Å²) >= 11 is 0. The Bertz CT molecular complexity index is 502. The van der Waals surface area contributed by atoms with Crippen LogP contribution in [-0.2, 0) is 42.9 Å². The monoisotopic (exact) mass is 348 g/mol. The molecule has 1 fully saturated rings. The molecule has 2 unspecified atom stereocenters. The maximum absolute atomic E-state index is 11.3. The second-order valence-corrected chi connectivity index (χ2v) is 5.09. The fourth-order valence-electron chi connectivity index (χ4n) is 2.21. The largest absolute Gasteiger partial charge is 0.463 e. The minimum Gasteiger partial charge on any atom is -0.463 e. The first-order valence-corrected chi connectivity index (χ1v) is 7.10. The summed E-state index contributed by atoms with van der Waals surface area (Å²) in [4.78, 5) is 44.9. The van der Waals surface area contributed by atoms with Crippen molar-refractivity contribution >= 4 is 23.9 Å². The van der Waals surface area contributed by atoms with Crippen molar-refractivity contribution in [3.63, 3.8) is 0 Å². The van der Waals surface area contributed by atoms with Crippen LogP contribution < -0.4 is 0 Å². The molecule has 1 aliphatic heterocycles. The van der Waals surface area contributed by atoms with Gasteiger partial charge in [-0.3, -0.25) is 19.2 Å². The van der Waals surface area contributed by atoms with Crippen LogP contribution in [0.1, 0.15) is 27.7 Å². The van der Waals surface area contributed by atoms with Gasteiger partial charge < -0.3 is 28.8 Å². The van der Waals surface area contributed by atoms with E-state index in [1.807, 2.05) is 0 Å². The van der Waals surface area contributed by atoms with E-state index in [9.17, 15) is 24.3 Å². The Labute approximate surface area is 137 Å². The van der Waals surface area contributed by atoms with Crippen molar-refractivity contribution < 1.29 is 48.0 Å². The van der Waals surface area contributed by atoms with Crippen LogP contribution in [0, 0.1) is 0 Å². The topological polar surface area (TPSA) is 135 Å². The summed E-state index contributed by atoms with van der Waals surface area (Å²) in [7, 11) is 0. The number of rotatable bonds is 5. The minimum atomic E-state index is -1.68. The molecule has 136 valence electrons. The van der Waals surface area contributed by atoms with Gasteiger partial charge in [0.25, 0.3) is 0 Å². The first-order valence-electron chi connectivity index (χ1n) is 7.10. The zero-order valence-corrected chi connectivity index (χ0v) is 13.7. The van der Waals surface area contributed by atoms with Crippen molar-refractivity contribution in [2.24, 2.45) is 0 Å². The number of carbonyl (C=O) groups excluding carboxylic acids is 4. The van der Waals surface area contributed by atoms with Gasteiger partial charge in [0.05, 0.1) is 0 Å². The highest BCUT2D eigenvalue weighted by Crippen LogP contribution is 2.28. The lowest BCUT2D eigenvalue weighted by Crippen LogP contribution is -2.62. The molecule has 0 aromatic carbocycles. The molecule has 0 radical (unpaired) electrons. The fraction of sp³-hybridized carbons (Fsp3) is 0.714. The van der Waals surface area contributed by atoms with E-state index in [2.05, 4.69) is 0 Å². The number of ether oxygens (including phenoxy) is 5. The summed E-state index contributed by atoms with van der Waals surface area (Å²) in [6.45, 7) is 4.09. The van der Waals surface area contributed by atoms with E-state index in [1.54, 1.807) is 0 Å². The number of hydrogen-bond donors (Lipinski definition) is 1. The van der Waals surface area contributed by atoms with Crippen LogP contribution >= 0.6 is 0 Å². The molecule has 0 aliphatic carbocycles. The van der Waals surface area contributed by atoms with Crippen molar-refractivity contribution in [2.45, 2.75) is 58.4 Å². The third-order valence-corrected chi connectivity index (χ3v) is 2.97. The van der Waals surface area contributed by atoms with Crippen LogP contribution in [0.5, 0.6) is 0 Å². The Hall–Kier alpha value is -2.20. The summed E-state index contributed by atoms with van der Waals surface area (Å²) < 4.78 is 25.0. The fourth-order valence-corrected chi connectivity index (χ4v) is 2.21. The number of hydrogen-bond acceptors (Lipinski definition) is 10. The van der Waals surface area contributed by atoms with Gasteiger partial charge in [-0.2, -0.15) is 0 Å². The SMILES string of the molecule is CC(=O)OC[C@H]1OC(O)[C@H](OC(C)=O)C(OC(C)=O)[C@@H]1OC(C)=O. The summed E-state index contributed by atoms with van der Waals surface area (Å²) in [5.74, 6) is -2.87. The maximum Gasteiger partial charge on any atom is 0.303 e. The average molecular weight is 348 g/mol. The standard InChI is InChI=1S/C14H20O10/c1-6(15)20-5-10-11(21-7(2)16)12(22-8(3)17)13(14(19)24-10)23-9(4)18/h10-14,19H,5H2,1-4H3/t10-,11-,12?,13-,14?/m1/s1. The third-order valence-electron chi connectivity index (χ3n) is 2.97. The summed E-state index contributed by atoms with van der Waals surface area (Å²) in [5.41, 5.74) is 0. The van der Waals surface area contributed by atoms with Crippen molar-refractivity contribution in [1.82, 2.24) is 0 Å². The molecule has 0 spiro atoms. The Balaban J connectivity index is 3.11. The van der Waals surface area contributed by atoms with Crippen LogP contribution in [-0.4, -0.2) is 66.3 Å². The maximum atomic E-state index is 11.3. The molecule has 1 saturated heterocycles. The Morgan fingerprint density at radius 3 is 1.71 bits per heavy atom. The van der Waals surface area contributed by atoms with Gasteiger partial charge in [-0.25, -0.2) is 0 Å². The van der Waals surface area contributed by atoms with Gasteiger partial charge in [-0.05, 0) is 0 Å². The Morgan fingerprint density at radius 1 is 0.792 bits per heavy atom. The van der Waals surface area contributed by atoms with E-state index in [-0.39, 0.29) is 6.61 Å². The Kier molecular flexibility index (Phi) is 7.11. The van der Waals surface area contributed by atoms with E-state index < -0.39 is 54.6 Å². The summed E-state index contributed by atoms with van der Waals surface area (Å²) in [6, 6.07) is 0. The molecule has 10 heteroatoms. The van der Waals surface area contributed by atoms with Crippen LogP contribution in [0.25, 0.3) is 0 Å². The van der Waals surface area contributed by atoms with Crippen molar-refractivity contribution in [2.75, 3.05) is 6.61 Å². The number of esters is 4. The molecule has 0 amide bonds. The van der Waals surface area contributed by atoms with Gasteiger partial charge in [-0.1, -0.05) is 0 Å². The molecule has 5 atom stereocenters. The Morgan fingerprint density at radius 2 is 1.25 bits per heavy atom. The average Bonchev–Trinajstić information content (AvgIpc) is 2.42. The third kappa shape index (κ3) is 5.78. The normalized spacial score (nSPS) is 29.3. The molecule has 24 heavy (non-hydrogen) atoms.